The third kappa shape index (κ3) is 2.56. The first-order valence-corrected chi connectivity index (χ1v) is 6.55. The molecule has 82 valence electrons. The van der Waals surface area contributed by atoms with Gasteiger partial charge in [-0.1, -0.05) is 30.3 Å². The first-order chi connectivity index (χ1) is 7.02. The molecule has 1 aliphatic rings. The fourth-order valence-corrected chi connectivity index (χ4v) is 2.58. The largest absolute Gasteiger partial charge is 0.302 e. The predicted octanol–water partition coefficient (Wildman–Crippen LogP) is 2.41. The van der Waals surface area contributed by atoms with Gasteiger partial charge >= 0.3 is 10.2 Å². The maximum atomic E-state index is 12.4. The van der Waals surface area contributed by atoms with Gasteiger partial charge in [0, 0.05) is 0 Å². The number of hydrogen-bond acceptors (Lipinski definition) is 2. The van der Waals surface area contributed by atoms with Crippen LogP contribution in [-0.2, 0) is 15.6 Å². The molecule has 0 heterocycles. The predicted molar refractivity (Wildman–Crippen MR) is 56.9 cm³/mol. The van der Waals surface area contributed by atoms with E-state index in [1.54, 1.807) is 0 Å². The summed E-state index contributed by atoms with van der Waals surface area (Å²) in [5, 5.41) is 0. The standard InChI is InChI=1S/C11H13FO2S/c12-15(13,14)9-8-11(6-7-11)10-4-2-1-3-5-10/h1-5H,6-9H2. The first-order valence-electron chi connectivity index (χ1n) is 5.00. The zero-order chi connectivity index (χ0) is 10.9. The van der Waals surface area contributed by atoms with Gasteiger partial charge in [0.05, 0.1) is 5.75 Å². The van der Waals surface area contributed by atoms with Gasteiger partial charge in [0.2, 0.25) is 0 Å². The van der Waals surface area contributed by atoms with Gasteiger partial charge < -0.3 is 0 Å². The monoisotopic (exact) mass is 228 g/mol. The number of hydrogen-bond donors (Lipinski definition) is 0. The minimum Gasteiger partial charge on any atom is -0.195 e. The van der Waals surface area contributed by atoms with E-state index in [9.17, 15) is 12.3 Å². The molecule has 0 spiro atoms. The molecule has 4 heteroatoms. The molecular formula is C11H13FO2S. The fraction of sp³-hybridized carbons (Fsp3) is 0.455. The van der Waals surface area contributed by atoms with E-state index in [1.165, 1.54) is 0 Å². The number of halogens is 1. The van der Waals surface area contributed by atoms with Gasteiger partial charge in [-0.25, -0.2) is 0 Å². The molecule has 0 saturated heterocycles. The van der Waals surface area contributed by atoms with Crippen LogP contribution in [0.2, 0.25) is 0 Å². The van der Waals surface area contributed by atoms with Crippen LogP contribution >= 0.6 is 0 Å². The van der Waals surface area contributed by atoms with Gasteiger partial charge in [0.15, 0.2) is 0 Å². The second-order valence-corrected chi connectivity index (χ2v) is 5.63. The molecule has 0 aliphatic heterocycles. The molecule has 0 radical (unpaired) electrons. The lowest BCUT2D eigenvalue weighted by Crippen LogP contribution is -2.12. The Morgan fingerprint density at radius 3 is 2.27 bits per heavy atom. The summed E-state index contributed by atoms with van der Waals surface area (Å²) in [7, 11) is -4.33. The summed E-state index contributed by atoms with van der Waals surface area (Å²) >= 11 is 0. The molecule has 0 amide bonds. The quantitative estimate of drug-likeness (QED) is 0.742. The minimum absolute atomic E-state index is 0.0690. The van der Waals surface area contributed by atoms with Crippen molar-refractivity contribution in [1.82, 2.24) is 0 Å². The van der Waals surface area contributed by atoms with Crippen molar-refractivity contribution in [2.24, 2.45) is 0 Å². The molecule has 2 nitrogen and oxygen atoms in total. The second kappa shape index (κ2) is 3.59. The third-order valence-corrected chi connectivity index (χ3v) is 3.76. The van der Waals surface area contributed by atoms with Gasteiger partial charge in [-0.2, -0.15) is 8.42 Å². The highest BCUT2D eigenvalue weighted by atomic mass is 32.3. The maximum absolute atomic E-state index is 12.4. The van der Waals surface area contributed by atoms with E-state index >= 15 is 0 Å². The van der Waals surface area contributed by atoms with E-state index in [2.05, 4.69) is 0 Å². The van der Waals surface area contributed by atoms with E-state index in [1.807, 2.05) is 30.3 Å². The molecule has 1 aromatic carbocycles. The van der Waals surface area contributed by atoms with Crippen molar-refractivity contribution < 1.29 is 12.3 Å². The van der Waals surface area contributed by atoms with Crippen LogP contribution in [0, 0.1) is 0 Å². The SMILES string of the molecule is O=S(=O)(F)CCC1(c2ccccc2)CC1. The van der Waals surface area contributed by atoms with Crippen molar-refractivity contribution in [3.8, 4) is 0 Å². The Labute approximate surface area is 89.3 Å². The van der Waals surface area contributed by atoms with Crippen LogP contribution in [0.1, 0.15) is 24.8 Å². The van der Waals surface area contributed by atoms with Crippen LogP contribution in [-0.4, -0.2) is 14.2 Å². The molecule has 0 bridgehead atoms. The van der Waals surface area contributed by atoms with Crippen molar-refractivity contribution in [2.75, 3.05) is 5.75 Å². The van der Waals surface area contributed by atoms with E-state index in [0.29, 0.717) is 6.42 Å². The van der Waals surface area contributed by atoms with Crippen LogP contribution in [0.5, 0.6) is 0 Å². The molecule has 0 aromatic heterocycles. The van der Waals surface area contributed by atoms with E-state index in [0.717, 1.165) is 18.4 Å². The molecule has 0 unspecified atom stereocenters. The van der Waals surface area contributed by atoms with Crippen molar-refractivity contribution in [2.45, 2.75) is 24.7 Å². The maximum Gasteiger partial charge on any atom is 0.302 e. The van der Waals surface area contributed by atoms with Crippen LogP contribution in [0.4, 0.5) is 3.89 Å². The minimum atomic E-state index is -4.33. The van der Waals surface area contributed by atoms with Gasteiger partial charge in [-0.15, -0.1) is 3.89 Å². The highest BCUT2D eigenvalue weighted by Gasteiger charge is 2.44. The first kappa shape index (κ1) is 10.6. The molecule has 1 aliphatic carbocycles. The molecular weight excluding hydrogens is 215 g/mol. The van der Waals surface area contributed by atoms with Crippen molar-refractivity contribution >= 4 is 10.2 Å². The fourth-order valence-electron chi connectivity index (χ4n) is 1.94. The molecule has 2 rings (SSSR count). The Hall–Kier alpha value is -0.900. The Kier molecular flexibility index (Phi) is 2.54. The number of rotatable bonds is 4. The van der Waals surface area contributed by atoms with Crippen LogP contribution in [0.15, 0.2) is 30.3 Å². The molecule has 1 saturated carbocycles. The summed E-state index contributed by atoms with van der Waals surface area (Å²) in [6.45, 7) is 0. The van der Waals surface area contributed by atoms with Crippen LogP contribution in [0.25, 0.3) is 0 Å². The smallest absolute Gasteiger partial charge is 0.195 e. The van der Waals surface area contributed by atoms with Crippen LogP contribution < -0.4 is 0 Å². The second-order valence-electron chi connectivity index (χ2n) is 4.14. The average molecular weight is 228 g/mol. The normalized spacial score (nSPS) is 18.7. The summed E-state index contributed by atoms with van der Waals surface area (Å²) in [5.41, 5.74) is 1.06. The topological polar surface area (TPSA) is 34.1 Å². The van der Waals surface area contributed by atoms with E-state index < -0.39 is 10.2 Å². The summed E-state index contributed by atoms with van der Waals surface area (Å²) in [6, 6.07) is 9.75. The molecule has 0 N–H and O–H groups in total. The van der Waals surface area contributed by atoms with E-state index in [-0.39, 0.29) is 11.2 Å². The highest BCUT2D eigenvalue weighted by Crippen LogP contribution is 2.51. The lowest BCUT2D eigenvalue weighted by Gasteiger charge is -2.13. The summed E-state index contributed by atoms with van der Waals surface area (Å²) in [5.74, 6) is -0.359. The Bertz CT molecular complexity index is 435. The van der Waals surface area contributed by atoms with Crippen molar-refractivity contribution in [3.63, 3.8) is 0 Å². The van der Waals surface area contributed by atoms with Crippen molar-refractivity contribution in [3.05, 3.63) is 35.9 Å². The Morgan fingerprint density at radius 1 is 1.20 bits per heavy atom. The van der Waals surface area contributed by atoms with E-state index in [4.69, 9.17) is 0 Å². The lowest BCUT2D eigenvalue weighted by atomic mass is 9.93. The molecule has 0 atom stereocenters. The highest BCUT2D eigenvalue weighted by molar-refractivity contribution is 7.86. The van der Waals surface area contributed by atoms with Gasteiger partial charge in [0.1, 0.15) is 0 Å². The Morgan fingerprint density at radius 2 is 1.80 bits per heavy atom. The summed E-state index contributed by atoms with van der Waals surface area (Å²) < 4.78 is 33.4. The van der Waals surface area contributed by atoms with Gasteiger partial charge in [0.25, 0.3) is 0 Å². The molecule has 15 heavy (non-hydrogen) atoms. The van der Waals surface area contributed by atoms with Gasteiger partial charge in [-0.3, -0.25) is 0 Å². The summed E-state index contributed by atoms with van der Waals surface area (Å²) in [4.78, 5) is 0. The van der Waals surface area contributed by atoms with Crippen molar-refractivity contribution in [1.29, 1.82) is 0 Å². The average Bonchev–Trinajstić information content (AvgIpc) is 2.96. The molecule has 1 aromatic rings. The van der Waals surface area contributed by atoms with Crippen LogP contribution in [0.3, 0.4) is 0 Å². The number of benzene rings is 1. The lowest BCUT2D eigenvalue weighted by molar-refractivity contribution is 0.540. The summed E-state index contributed by atoms with van der Waals surface area (Å²) in [6.07, 6.45) is 2.33. The van der Waals surface area contributed by atoms with Gasteiger partial charge in [-0.05, 0) is 30.2 Å². The zero-order valence-corrected chi connectivity index (χ0v) is 9.13. The zero-order valence-electron chi connectivity index (χ0n) is 8.32. The Balaban J connectivity index is 2.09. The molecule has 1 fully saturated rings. The third-order valence-electron chi connectivity index (χ3n) is 3.06.